The lowest BCUT2D eigenvalue weighted by Crippen LogP contribution is -2.41. The topological polar surface area (TPSA) is 88.2 Å². The van der Waals surface area contributed by atoms with Crippen molar-refractivity contribution in [3.05, 3.63) is 60.2 Å². The average molecular weight is 295 g/mol. The van der Waals surface area contributed by atoms with E-state index in [1.54, 1.807) is 12.1 Å². The van der Waals surface area contributed by atoms with E-state index in [-0.39, 0.29) is 10.6 Å². The predicted octanol–water partition coefficient (Wildman–Crippen LogP) is 0.844. The molecule has 1 amide bonds. The molecular formula is C12H10FN3O3S. The molecule has 0 fully saturated rings. The molecule has 6 nitrogen and oxygen atoms in total. The summed E-state index contributed by atoms with van der Waals surface area (Å²) in [7, 11) is -4.04. The van der Waals surface area contributed by atoms with Gasteiger partial charge in [-0.2, -0.15) is 0 Å². The van der Waals surface area contributed by atoms with E-state index in [2.05, 4.69) is 4.98 Å². The number of benzene rings is 1. The molecular weight excluding hydrogens is 285 g/mol. The Balaban J connectivity index is 2.09. The number of nitrogens with zero attached hydrogens (tertiary/aromatic N) is 1. The van der Waals surface area contributed by atoms with Crippen LogP contribution in [0.2, 0.25) is 0 Å². The number of rotatable bonds is 4. The van der Waals surface area contributed by atoms with Crippen molar-refractivity contribution in [3.63, 3.8) is 0 Å². The van der Waals surface area contributed by atoms with E-state index < -0.39 is 21.7 Å². The van der Waals surface area contributed by atoms with Crippen molar-refractivity contribution in [2.75, 3.05) is 0 Å². The van der Waals surface area contributed by atoms with Crippen LogP contribution >= 0.6 is 0 Å². The minimum Gasteiger partial charge on any atom is -0.272 e. The van der Waals surface area contributed by atoms with Crippen molar-refractivity contribution in [2.24, 2.45) is 0 Å². The number of nitrogens with one attached hydrogen (secondary N) is 2. The molecule has 20 heavy (non-hydrogen) atoms. The van der Waals surface area contributed by atoms with E-state index in [0.29, 0.717) is 0 Å². The molecule has 1 aromatic heterocycles. The zero-order chi connectivity index (χ0) is 14.6. The van der Waals surface area contributed by atoms with Gasteiger partial charge in [0.2, 0.25) is 0 Å². The fourth-order valence-corrected chi connectivity index (χ4v) is 2.24. The second kappa shape index (κ2) is 5.76. The van der Waals surface area contributed by atoms with Crippen LogP contribution in [0.5, 0.6) is 0 Å². The fourth-order valence-electron chi connectivity index (χ4n) is 1.37. The second-order valence-electron chi connectivity index (χ2n) is 3.73. The van der Waals surface area contributed by atoms with E-state index in [1.165, 1.54) is 24.4 Å². The second-order valence-corrected chi connectivity index (χ2v) is 5.41. The van der Waals surface area contributed by atoms with Gasteiger partial charge in [0.25, 0.3) is 15.9 Å². The standard InChI is InChI=1S/C12H10FN3O3S/c13-9-4-3-5-10(8-9)20(18,19)16-15-12(17)11-6-1-2-7-14-11/h1-8,16H,(H,15,17). The van der Waals surface area contributed by atoms with Gasteiger partial charge in [-0.1, -0.05) is 12.1 Å². The van der Waals surface area contributed by atoms with Gasteiger partial charge < -0.3 is 0 Å². The highest BCUT2D eigenvalue weighted by Gasteiger charge is 2.16. The smallest absolute Gasteiger partial charge is 0.272 e. The van der Waals surface area contributed by atoms with Crippen molar-refractivity contribution in [1.82, 2.24) is 15.2 Å². The molecule has 104 valence electrons. The molecule has 0 atom stereocenters. The van der Waals surface area contributed by atoms with Gasteiger partial charge in [0.15, 0.2) is 0 Å². The van der Waals surface area contributed by atoms with E-state index in [4.69, 9.17) is 0 Å². The number of hydrogen-bond donors (Lipinski definition) is 2. The first-order valence-electron chi connectivity index (χ1n) is 5.48. The molecule has 0 aliphatic rings. The van der Waals surface area contributed by atoms with Crippen LogP contribution < -0.4 is 10.3 Å². The van der Waals surface area contributed by atoms with Gasteiger partial charge in [0.05, 0.1) is 4.90 Å². The van der Waals surface area contributed by atoms with E-state index in [9.17, 15) is 17.6 Å². The van der Waals surface area contributed by atoms with Crippen LogP contribution in [0.25, 0.3) is 0 Å². The summed E-state index contributed by atoms with van der Waals surface area (Å²) in [6.07, 6.45) is 1.40. The number of carbonyl (C=O) groups excluding carboxylic acids is 1. The van der Waals surface area contributed by atoms with Gasteiger partial charge in [0.1, 0.15) is 11.5 Å². The summed E-state index contributed by atoms with van der Waals surface area (Å²) in [6, 6.07) is 9.05. The van der Waals surface area contributed by atoms with Crippen LogP contribution in [-0.2, 0) is 10.0 Å². The molecule has 0 spiro atoms. The number of hydrazine groups is 1. The number of halogens is 1. The van der Waals surface area contributed by atoms with Crippen LogP contribution in [-0.4, -0.2) is 19.3 Å². The highest BCUT2D eigenvalue weighted by atomic mass is 32.2. The Morgan fingerprint density at radius 2 is 1.95 bits per heavy atom. The van der Waals surface area contributed by atoms with Crippen molar-refractivity contribution >= 4 is 15.9 Å². The van der Waals surface area contributed by atoms with Gasteiger partial charge in [-0.25, -0.2) is 12.8 Å². The SMILES string of the molecule is O=C(NNS(=O)(=O)c1cccc(F)c1)c1ccccn1. The quantitative estimate of drug-likeness (QED) is 0.818. The Hall–Kier alpha value is -2.32. The third-order valence-electron chi connectivity index (χ3n) is 2.30. The lowest BCUT2D eigenvalue weighted by molar-refractivity contribution is 0.0940. The molecule has 8 heteroatoms. The number of hydrogen-bond acceptors (Lipinski definition) is 4. The zero-order valence-electron chi connectivity index (χ0n) is 10.1. The lowest BCUT2D eigenvalue weighted by atomic mass is 10.3. The molecule has 0 bridgehead atoms. The highest BCUT2D eigenvalue weighted by Crippen LogP contribution is 2.09. The van der Waals surface area contributed by atoms with E-state index in [0.717, 1.165) is 12.1 Å². The highest BCUT2D eigenvalue weighted by molar-refractivity contribution is 7.89. The summed E-state index contributed by atoms with van der Waals surface area (Å²) in [4.78, 5) is 16.9. The van der Waals surface area contributed by atoms with Crippen LogP contribution in [0, 0.1) is 5.82 Å². The Morgan fingerprint density at radius 1 is 1.15 bits per heavy atom. The first-order chi connectivity index (χ1) is 9.49. The largest absolute Gasteiger partial charge is 0.284 e. The molecule has 0 aliphatic heterocycles. The number of aromatic nitrogens is 1. The van der Waals surface area contributed by atoms with Gasteiger partial charge in [-0.3, -0.25) is 15.2 Å². The third kappa shape index (κ3) is 3.37. The molecule has 0 unspecified atom stereocenters. The average Bonchev–Trinajstić information content (AvgIpc) is 2.46. The lowest BCUT2D eigenvalue weighted by Gasteiger charge is -2.08. The van der Waals surface area contributed by atoms with Crippen LogP contribution in [0.1, 0.15) is 10.5 Å². The number of amides is 1. The Morgan fingerprint density at radius 3 is 2.60 bits per heavy atom. The molecule has 2 rings (SSSR count). The molecule has 0 radical (unpaired) electrons. The van der Waals surface area contributed by atoms with E-state index >= 15 is 0 Å². The van der Waals surface area contributed by atoms with Crippen molar-refractivity contribution in [1.29, 1.82) is 0 Å². The monoisotopic (exact) mass is 295 g/mol. The summed E-state index contributed by atoms with van der Waals surface area (Å²) < 4.78 is 36.6. The van der Waals surface area contributed by atoms with Gasteiger partial charge in [-0.15, -0.1) is 4.83 Å². The molecule has 0 saturated carbocycles. The number of carbonyl (C=O) groups is 1. The van der Waals surface area contributed by atoms with Crippen molar-refractivity contribution in [2.45, 2.75) is 4.90 Å². The molecule has 2 N–H and O–H groups in total. The normalized spacial score (nSPS) is 11.1. The van der Waals surface area contributed by atoms with Crippen molar-refractivity contribution < 1.29 is 17.6 Å². The van der Waals surface area contributed by atoms with Gasteiger partial charge >= 0.3 is 0 Å². The van der Waals surface area contributed by atoms with Gasteiger partial charge in [0, 0.05) is 6.20 Å². The maximum absolute atomic E-state index is 13.0. The maximum atomic E-state index is 13.0. The molecule has 0 saturated heterocycles. The van der Waals surface area contributed by atoms with Crippen molar-refractivity contribution in [3.8, 4) is 0 Å². The summed E-state index contributed by atoms with van der Waals surface area (Å²) in [5.41, 5.74) is 2.05. The summed E-state index contributed by atoms with van der Waals surface area (Å²) in [6.45, 7) is 0. The minimum atomic E-state index is -4.04. The fraction of sp³-hybridized carbons (Fsp3) is 0. The Labute approximate surface area is 114 Å². The van der Waals surface area contributed by atoms with Gasteiger partial charge in [-0.05, 0) is 30.3 Å². The number of sulfonamides is 1. The first kappa shape index (κ1) is 14.1. The minimum absolute atomic E-state index is 0.0504. The molecule has 2 aromatic rings. The Kier molecular flexibility index (Phi) is 4.06. The first-order valence-corrected chi connectivity index (χ1v) is 6.96. The Bertz CT molecular complexity index is 720. The summed E-state index contributed by atoms with van der Waals surface area (Å²) in [5.74, 6) is -1.41. The van der Waals surface area contributed by atoms with Crippen LogP contribution in [0.3, 0.4) is 0 Å². The summed E-state index contributed by atoms with van der Waals surface area (Å²) in [5, 5.41) is 0. The molecule has 1 heterocycles. The molecule has 1 aromatic carbocycles. The zero-order valence-corrected chi connectivity index (χ0v) is 10.9. The predicted molar refractivity (Wildman–Crippen MR) is 68.4 cm³/mol. The maximum Gasteiger partial charge on any atom is 0.284 e. The van der Waals surface area contributed by atoms with E-state index in [1.807, 2.05) is 10.3 Å². The summed E-state index contributed by atoms with van der Waals surface area (Å²) >= 11 is 0. The van der Waals surface area contributed by atoms with Crippen LogP contribution in [0.15, 0.2) is 53.6 Å². The third-order valence-corrected chi connectivity index (χ3v) is 3.55. The molecule has 0 aliphatic carbocycles. The number of pyridine rings is 1. The van der Waals surface area contributed by atoms with Crippen LogP contribution in [0.4, 0.5) is 4.39 Å².